The maximum Gasteiger partial charge on any atom is 0.272 e. The molecule has 0 radical (unpaired) electrons. The third-order valence-electron chi connectivity index (χ3n) is 3.26. The molecule has 3 N–H and O–H groups in total. The van der Waals surface area contributed by atoms with Crippen molar-refractivity contribution in [2.45, 2.75) is 32.4 Å². The van der Waals surface area contributed by atoms with Gasteiger partial charge in [0.2, 0.25) is 0 Å². The van der Waals surface area contributed by atoms with Crippen LogP contribution in [0.3, 0.4) is 0 Å². The Morgan fingerprint density at radius 1 is 1.53 bits per heavy atom. The third-order valence-corrected chi connectivity index (χ3v) is 3.26. The van der Waals surface area contributed by atoms with Crippen LogP contribution in [0.4, 0.5) is 11.4 Å². The van der Waals surface area contributed by atoms with Crippen molar-refractivity contribution in [2.24, 2.45) is 0 Å². The highest BCUT2D eigenvalue weighted by Crippen LogP contribution is 2.37. The number of amides is 1. The lowest BCUT2D eigenvalue weighted by molar-refractivity contribution is 0.101. The number of hydrogen-bond donors (Lipinski definition) is 2. The second kappa shape index (κ2) is 4.46. The topological polar surface area (TPSA) is 77.9 Å². The monoisotopic (exact) mass is 259 g/mol. The van der Waals surface area contributed by atoms with Gasteiger partial charge in [0, 0.05) is 25.0 Å². The highest BCUT2D eigenvalue weighted by atomic mass is 16.2. The van der Waals surface area contributed by atoms with Crippen molar-refractivity contribution >= 4 is 17.3 Å². The first kappa shape index (κ1) is 11.8. The summed E-state index contributed by atoms with van der Waals surface area (Å²) in [4.78, 5) is 12.3. The maximum absolute atomic E-state index is 12.3. The van der Waals surface area contributed by atoms with Crippen LogP contribution >= 0.6 is 0 Å². The van der Waals surface area contributed by atoms with E-state index in [4.69, 9.17) is 5.73 Å². The molecular formula is C13H17N5O. The Labute approximate surface area is 111 Å². The molecule has 0 bridgehead atoms. The number of nitrogen functional groups attached to an aromatic ring is 1. The number of anilines is 2. The molecule has 1 amide bonds. The number of rotatable bonds is 4. The number of carbonyl (C=O) groups excluding carboxylic acids is 1. The van der Waals surface area contributed by atoms with Gasteiger partial charge in [-0.3, -0.25) is 9.48 Å². The van der Waals surface area contributed by atoms with Crippen LogP contribution in [0.5, 0.6) is 0 Å². The van der Waals surface area contributed by atoms with Crippen LogP contribution in [-0.2, 0) is 6.54 Å². The van der Waals surface area contributed by atoms with E-state index in [-0.39, 0.29) is 5.91 Å². The Morgan fingerprint density at radius 3 is 2.95 bits per heavy atom. The Balaban J connectivity index is 1.79. The Morgan fingerprint density at radius 2 is 2.32 bits per heavy atom. The van der Waals surface area contributed by atoms with Crippen LogP contribution in [-0.4, -0.2) is 20.3 Å². The van der Waals surface area contributed by atoms with Crippen LogP contribution in [0.15, 0.2) is 24.7 Å². The fraction of sp³-hybridized carbons (Fsp3) is 0.385. The second-order valence-electron chi connectivity index (χ2n) is 4.84. The number of aryl methyl sites for hydroxylation is 1. The van der Waals surface area contributed by atoms with Crippen molar-refractivity contribution in [3.05, 3.63) is 30.4 Å². The summed E-state index contributed by atoms with van der Waals surface area (Å²) in [6.45, 7) is 2.78. The van der Waals surface area contributed by atoms with E-state index in [9.17, 15) is 4.79 Å². The predicted molar refractivity (Wildman–Crippen MR) is 73.0 cm³/mol. The van der Waals surface area contributed by atoms with Crippen molar-refractivity contribution < 1.29 is 4.79 Å². The van der Waals surface area contributed by atoms with Crippen molar-refractivity contribution in [1.82, 2.24) is 14.3 Å². The normalized spacial score (nSPS) is 14.6. The van der Waals surface area contributed by atoms with Gasteiger partial charge in [0.1, 0.15) is 5.69 Å². The Bertz CT molecular complexity index is 608. The lowest BCUT2D eigenvalue weighted by atomic mass is 10.3. The summed E-state index contributed by atoms with van der Waals surface area (Å²) in [5, 5.41) is 6.98. The minimum atomic E-state index is -0.140. The van der Waals surface area contributed by atoms with Gasteiger partial charge in [-0.1, -0.05) is 0 Å². The molecule has 2 aromatic heterocycles. The van der Waals surface area contributed by atoms with Gasteiger partial charge in [0.15, 0.2) is 0 Å². The minimum absolute atomic E-state index is 0.140. The molecule has 2 aromatic rings. The number of nitrogens with two attached hydrogens (primary N) is 1. The van der Waals surface area contributed by atoms with Crippen molar-refractivity contribution in [3.8, 4) is 0 Å². The SMILES string of the molecule is CCn1cc(NC(=O)c2cc(N)cn2C2CC2)cn1. The first-order valence-corrected chi connectivity index (χ1v) is 6.48. The molecule has 6 nitrogen and oxygen atoms in total. The first-order chi connectivity index (χ1) is 9.17. The van der Waals surface area contributed by atoms with Gasteiger partial charge in [0.25, 0.3) is 5.91 Å². The van der Waals surface area contributed by atoms with Crippen LogP contribution in [0.25, 0.3) is 0 Å². The number of nitrogens with zero attached hydrogens (tertiary/aromatic N) is 3. The molecule has 0 unspecified atom stereocenters. The lowest BCUT2D eigenvalue weighted by Crippen LogP contribution is -2.16. The zero-order valence-corrected chi connectivity index (χ0v) is 10.8. The quantitative estimate of drug-likeness (QED) is 0.880. The molecule has 2 heterocycles. The summed E-state index contributed by atoms with van der Waals surface area (Å²) >= 11 is 0. The number of aromatic nitrogens is 3. The van der Waals surface area contributed by atoms with Gasteiger partial charge in [-0.25, -0.2) is 0 Å². The zero-order chi connectivity index (χ0) is 13.4. The molecule has 0 aromatic carbocycles. The highest BCUT2D eigenvalue weighted by molar-refractivity contribution is 6.03. The van der Waals surface area contributed by atoms with Gasteiger partial charge >= 0.3 is 0 Å². The van der Waals surface area contributed by atoms with Gasteiger partial charge < -0.3 is 15.6 Å². The fourth-order valence-electron chi connectivity index (χ4n) is 2.13. The van der Waals surface area contributed by atoms with E-state index in [1.807, 2.05) is 23.9 Å². The molecule has 1 fully saturated rings. The van der Waals surface area contributed by atoms with Crippen LogP contribution < -0.4 is 11.1 Å². The van der Waals surface area contributed by atoms with Crippen molar-refractivity contribution in [2.75, 3.05) is 11.1 Å². The van der Waals surface area contributed by atoms with E-state index in [0.29, 0.717) is 23.1 Å². The average molecular weight is 259 g/mol. The molecular weight excluding hydrogens is 242 g/mol. The Kier molecular flexibility index (Phi) is 2.77. The molecule has 1 aliphatic carbocycles. The van der Waals surface area contributed by atoms with E-state index < -0.39 is 0 Å². The number of hydrogen-bond acceptors (Lipinski definition) is 3. The summed E-state index contributed by atoms with van der Waals surface area (Å²) in [5.74, 6) is -0.140. The smallest absolute Gasteiger partial charge is 0.272 e. The van der Waals surface area contributed by atoms with Gasteiger partial charge in [-0.15, -0.1) is 0 Å². The van der Waals surface area contributed by atoms with E-state index in [2.05, 4.69) is 10.4 Å². The van der Waals surface area contributed by atoms with E-state index in [1.54, 1.807) is 16.9 Å². The molecule has 1 aliphatic rings. The maximum atomic E-state index is 12.3. The van der Waals surface area contributed by atoms with Crippen LogP contribution in [0, 0.1) is 0 Å². The average Bonchev–Trinajstić information content (AvgIpc) is 3.01. The highest BCUT2D eigenvalue weighted by Gasteiger charge is 2.27. The molecule has 6 heteroatoms. The predicted octanol–water partition coefficient (Wildman–Crippen LogP) is 1.87. The molecule has 1 saturated carbocycles. The van der Waals surface area contributed by atoms with E-state index in [0.717, 1.165) is 19.4 Å². The summed E-state index contributed by atoms with van der Waals surface area (Å²) in [5.41, 5.74) is 7.73. The van der Waals surface area contributed by atoms with Crippen LogP contribution in [0.2, 0.25) is 0 Å². The molecule has 0 atom stereocenters. The van der Waals surface area contributed by atoms with Crippen molar-refractivity contribution in [1.29, 1.82) is 0 Å². The van der Waals surface area contributed by atoms with Crippen LogP contribution in [0.1, 0.15) is 36.3 Å². The van der Waals surface area contributed by atoms with E-state index >= 15 is 0 Å². The third kappa shape index (κ3) is 2.33. The zero-order valence-electron chi connectivity index (χ0n) is 10.8. The largest absolute Gasteiger partial charge is 0.397 e. The number of nitrogens with one attached hydrogen (secondary N) is 1. The minimum Gasteiger partial charge on any atom is -0.397 e. The first-order valence-electron chi connectivity index (χ1n) is 6.48. The molecule has 100 valence electrons. The standard InChI is InChI=1S/C13H17N5O/c1-2-17-8-10(6-15-17)16-13(19)12-5-9(14)7-18(12)11-3-4-11/h5-8,11H,2-4,14H2,1H3,(H,16,19). The molecule has 19 heavy (non-hydrogen) atoms. The summed E-state index contributed by atoms with van der Waals surface area (Å²) in [7, 11) is 0. The van der Waals surface area contributed by atoms with Gasteiger partial charge in [-0.05, 0) is 25.8 Å². The fourth-order valence-corrected chi connectivity index (χ4v) is 2.13. The van der Waals surface area contributed by atoms with Crippen molar-refractivity contribution in [3.63, 3.8) is 0 Å². The molecule has 0 spiro atoms. The van der Waals surface area contributed by atoms with E-state index in [1.165, 1.54) is 0 Å². The summed E-state index contributed by atoms with van der Waals surface area (Å²) in [6, 6.07) is 2.15. The molecule has 0 saturated heterocycles. The molecule has 0 aliphatic heterocycles. The number of carbonyl (C=O) groups is 1. The van der Waals surface area contributed by atoms with Gasteiger partial charge in [-0.2, -0.15) is 5.10 Å². The summed E-state index contributed by atoms with van der Waals surface area (Å²) < 4.78 is 3.73. The molecule has 3 rings (SSSR count). The lowest BCUT2D eigenvalue weighted by Gasteiger charge is -2.06. The Hall–Kier alpha value is -2.24. The van der Waals surface area contributed by atoms with Gasteiger partial charge in [0.05, 0.1) is 17.6 Å². The summed E-state index contributed by atoms with van der Waals surface area (Å²) in [6.07, 6.45) is 7.52. The second-order valence-corrected chi connectivity index (χ2v) is 4.84.